The van der Waals surface area contributed by atoms with Crippen molar-refractivity contribution in [3.8, 4) is 0 Å². The summed E-state index contributed by atoms with van der Waals surface area (Å²) in [6, 6.07) is 0.537. The number of allylic oxidation sites excluding steroid dienone is 9. The SMILES string of the molecule is C=C/C=C1/C=CC=C/C1=N/CN1C(C)=NC2C=CC=CC21. The van der Waals surface area contributed by atoms with Gasteiger partial charge in [-0.15, -0.1) is 0 Å². The lowest BCUT2D eigenvalue weighted by atomic mass is 10.0. The topological polar surface area (TPSA) is 28.0 Å². The third-order valence-electron chi connectivity index (χ3n) is 3.82. The van der Waals surface area contributed by atoms with Gasteiger partial charge in [-0.25, -0.2) is 0 Å². The standard InChI is InChI=1S/C18H19N3/c1-3-8-15-9-4-5-10-16(15)19-13-21-14(2)20-17-11-6-7-12-18(17)21/h3-12,17-18H,1,13H2,2H3/b15-8-,19-16-. The van der Waals surface area contributed by atoms with E-state index >= 15 is 0 Å². The zero-order valence-electron chi connectivity index (χ0n) is 12.2. The summed E-state index contributed by atoms with van der Waals surface area (Å²) in [5, 5.41) is 0. The van der Waals surface area contributed by atoms with Crippen molar-refractivity contribution in [1.29, 1.82) is 0 Å². The second-order valence-corrected chi connectivity index (χ2v) is 5.16. The fourth-order valence-electron chi connectivity index (χ4n) is 2.75. The van der Waals surface area contributed by atoms with Crippen molar-refractivity contribution in [2.45, 2.75) is 19.0 Å². The highest BCUT2D eigenvalue weighted by atomic mass is 15.3. The molecule has 2 unspecified atom stereocenters. The average molecular weight is 277 g/mol. The molecule has 0 bridgehead atoms. The number of fused-ring (bicyclic) bond motifs is 1. The van der Waals surface area contributed by atoms with Gasteiger partial charge >= 0.3 is 0 Å². The summed E-state index contributed by atoms with van der Waals surface area (Å²) in [4.78, 5) is 11.7. The Hall–Kier alpha value is -2.42. The molecule has 0 fully saturated rings. The van der Waals surface area contributed by atoms with E-state index < -0.39 is 0 Å². The third kappa shape index (κ3) is 2.72. The Bertz CT molecular complexity index is 641. The second kappa shape index (κ2) is 5.92. The Morgan fingerprint density at radius 3 is 2.90 bits per heavy atom. The molecular formula is C18H19N3. The van der Waals surface area contributed by atoms with E-state index in [0.717, 1.165) is 17.1 Å². The van der Waals surface area contributed by atoms with Crippen LogP contribution < -0.4 is 0 Å². The highest BCUT2D eigenvalue weighted by Crippen LogP contribution is 2.23. The van der Waals surface area contributed by atoms with Crippen LogP contribution in [0.25, 0.3) is 0 Å². The first-order chi connectivity index (χ1) is 10.3. The van der Waals surface area contributed by atoms with Crippen LogP contribution in [0.1, 0.15) is 6.92 Å². The van der Waals surface area contributed by atoms with Crippen LogP contribution in [0.2, 0.25) is 0 Å². The summed E-state index contributed by atoms with van der Waals surface area (Å²) in [6.45, 7) is 6.43. The van der Waals surface area contributed by atoms with Crippen molar-refractivity contribution in [2.24, 2.45) is 9.98 Å². The maximum Gasteiger partial charge on any atom is 0.112 e. The van der Waals surface area contributed by atoms with Gasteiger partial charge in [-0.2, -0.15) is 0 Å². The Labute approximate surface area is 125 Å². The predicted molar refractivity (Wildman–Crippen MR) is 89.7 cm³/mol. The molecule has 1 aliphatic heterocycles. The Kier molecular flexibility index (Phi) is 3.82. The molecule has 0 saturated heterocycles. The van der Waals surface area contributed by atoms with E-state index in [1.807, 2.05) is 24.3 Å². The van der Waals surface area contributed by atoms with Gasteiger partial charge in [0.1, 0.15) is 6.67 Å². The van der Waals surface area contributed by atoms with E-state index in [4.69, 9.17) is 4.99 Å². The lowest BCUT2D eigenvalue weighted by molar-refractivity contribution is 0.379. The largest absolute Gasteiger partial charge is 0.332 e. The van der Waals surface area contributed by atoms with Crippen LogP contribution in [0, 0.1) is 0 Å². The molecule has 3 nitrogen and oxygen atoms in total. The fourth-order valence-corrected chi connectivity index (χ4v) is 2.75. The number of nitrogens with zero attached hydrogens (tertiary/aromatic N) is 3. The Morgan fingerprint density at radius 2 is 2.05 bits per heavy atom. The van der Waals surface area contributed by atoms with Crippen LogP contribution in [0.15, 0.2) is 82.9 Å². The van der Waals surface area contributed by atoms with Gasteiger partial charge in [0.25, 0.3) is 0 Å². The minimum absolute atomic E-state index is 0.236. The van der Waals surface area contributed by atoms with E-state index in [1.165, 1.54) is 0 Å². The number of aliphatic imine (C=N–C) groups is 2. The summed E-state index contributed by atoms with van der Waals surface area (Å²) >= 11 is 0. The molecule has 0 aromatic carbocycles. The quantitative estimate of drug-likeness (QED) is 0.778. The van der Waals surface area contributed by atoms with Crippen LogP contribution in [0.5, 0.6) is 0 Å². The second-order valence-electron chi connectivity index (χ2n) is 5.16. The van der Waals surface area contributed by atoms with Crippen LogP contribution in [-0.2, 0) is 0 Å². The monoisotopic (exact) mass is 277 g/mol. The summed E-state index contributed by atoms with van der Waals surface area (Å²) in [5.74, 6) is 1.05. The first-order valence-corrected chi connectivity index (χ1v) is 7.18. The lowest BCUT2D eigenvalue weighted by Crippen LogP contribution is -2.38. The van der Waals surface area contributed by atoms with E-state index in [-0.39, 0.29) is 6.04 Å². The highest BCUT2D eigenvalue weighted by molar-refractivity contribution is 6.11. The van der Waals surface area contributed by atoms with Crippen LogP contribution in [0.4, 0.5) is 0 Å². The van der Waals surface area contributed by atoms with Crippen molar-refractivity contribution in [3.05, 3.63) is 72.9 Å². The minimum atomic E-state index is 0.236. The van der Waals surface area contributed by atoms with Crippen molar-refractivity contribution < 1.29 is 0 Å². The number of amidine groups is 1. The highest BCUT2D eigenvalue weighted by Gasteiger charge is 2.31. The molecule has 3 aliphatic rings. The van der Waals surface area contributed by atoms with Gasteiger partial charge in [0.05, 0.1) is 23.6 Å². The normalized spacial score (nSPS) is 30.1. The number of rotatable bonds is 3. The molecule has 0 radical (unpaired) electrons. The van der Waals surface area contributed by atoms with Crippen molar-refractivity contribution >= 4 is 11.5 Å². The number of hydrogen-bond donors (Lipinski definition) is 0. The molecule has 0 spiro atoms. The molecule has 106 valence electrons. The zero-order valence-corrected chi connectivity index (χ0v) is 12.2. The summed E-state index contributed by atoms with van der Waals surface area (Å²) in [7, 11) is 0. The van der Waals surface area contributed by atoms with Gasteiger partial charge in [0.15, 0.2) is 0 Å². The maximum absolute atomic E-state index is 4.76. The summed E-state index contributed by atoms with van der Waals surface area (Å²) in [5.41, 5.74) is 2.08. The van der Waals surface area contributed by atoms with Crippen molar-refractivity contribution in [2.75, 3.05) is 6.67 Å². The van der Waals surface area contributed by atoms with Gasteiger partial charge in [-0.3, -0.25) is 9.98 Å². The molecule has 0 aromatic heterocycles. The van der Waals surface area contributed by atoms with Gasteiger partial charge in [-0.05, 0) is 18.6 Å². The van der Waals surface area contributed by atoms with Gasteiger partial charge < -0.3 is 4.90 Å². The fraction of sp³-hybridized carbons (Fsp3) is 0.222. The molecule has 0 N–H and O–H groups in total. The lowest BCUT2D eigenvalue weighted by Gasteiger charge is -2.26. The van der Waals surface area contributed by atoms with E-state index in [0.29, 0.717) is 12.7 Å². The van der Waals surface area contributed by atoms with E-state index in [9.17, 15) is 0 Å². The van der Waals surface area contributed by atoms with Crippen molar-refractivity contribution in [1.82, 2.24) is 4.90 Å². The van der Waals surface area contributed by atoms with Gasteiger partial charge in [0.2, 0.25) is 0 Å². The third-order valence-corrected chi connectivity index (χ3v) is 3.82. The van der Waals surface area contributed by atoms with Crippen LogP contribution in [-0.4, -0.2) is 35.2 Å². The molecule has 0 saturated carbocycles. The van der Waals surface area contributed by atoms with Crippen LogP contribution in [0.3, 0.4) is 0 Å². The zero-order chi connectivity index (χ0) is 14.7. The smallest absolute Gasteiger partial charge is 0.112 e. The molecule has 2 atom stereocenters. The molecule has 0 amide bonds. The molecular weight excluding hydrogens is 258 g/mol. The van der Waals surface area contributed by atoms with Gasteiger partial charge in [0, 0.05) is 0 Å². The molecule has 3 rings (SSSR count). The summed E-state index contributed by atoms with van der Waals surface area (Å²) < 4.78 is 0. The molecule has 21 heavy (non-hydrogen) atoms. The van der Waals surface area contributed by atoms with E-state index in [2.05, 4.69) is 53.8 Å². The van der Waals surface area contributed by atoms with Crippen LogP contribution >= 0.6 is 0 Å². The Balaban J connectivity index is 1.78. The Morgan fingerprint density at radius 1 is 1.24 bits per heavy atom. The molecule has 0 aromatic rings. The molecule has 1 heterocycles. The average Bonchev–Trinajstić information content (AvgIpc) is 2.82. The molecule has 3 heteroatoms. The predicted octanol–water partition coefficient (Wildman–Crippen LogP) is 3.22. The van der Waals surface area contributed by atoms with Gasteiger partial charge in [-0.1, -0.05) is 61.3 Å². The first kappa shape index (κ1) is 13.6. The minimum Gasteiger partial charge on any atom is -0.332 e. The first-order valence-electron chi connectivity index (χ1n) is 7.18. The maximum atomic E-state index is 4.76. The van der Waals surface area contributed by atoms with E-state index in [1.54, 1.807) is 6.08 Å². The van der Waals surface area contributed by atoms with Crippen molar-refractivity contribution in [3.63, 3.8) is 0 Å². The number of hydrogen-bond acceptors (Lipinski definition) is 3. The summed E-state index contributed by atoms with van der Waals surface area (Å²) in [6.07, 6.45) is 20.4. The molecule has 2 aliphatic carbocycles.